The van der Waals surface area contributed by atoms with Crippen LogP contribution in [-0.4, -0.2) is 41.0 Å². The van der Waals surface area contributed by atoms with Crippen LogP contribution in [0.15, 0.2) is 22.7 Å². The van der Waals surface area contributed by atoms with Gasteiger partial charge >= 0.3 is 6.36 Å². The van der Waals surface area contributed by atoms with Crippen molar-refractivity contribution in [2.24, 2.45) is 0 Å². The number of carbonyl (C=O) groups excluding carboxylic acids is 1. The minimum atomic E-state index is -4.81. The molecule has 1 saturated heterocycles. The van der Waals surface area contributed by atoms with Gasteiger partial charge in [-0.25, -0.2) is 0 Å². The molecule has 0 atom stereocenters. The summed E-state index contributed by atoms with van der Waals surface area (Å²) in [7, 11) is 0. The summed E-state index contributed by atoms with van der Waals surface area (Å²) in [6.45, 7) is 1.86. The average Bonchev–Trinajstić information content (AvgIpc) is 2.25. The molecule has 1 heterocycles. The molecule has 1 aliphatic rings. The van der Waals surface area contributed by atoms with Crippen molar-refractivity contribution < 1.29 is 27.8 Å². The number of rotatable bonds is 2. The van der Waals surface area contributed by atoms with Gasteiger partial charge in [0.1, 0.15) is 5.75 Å². The highest BCUT2D eigenvalue weighted by Gasteiger charge is 2.40. The van der Waals surface area contributed by atoms with Crippen LogP contribution in [0, 0.1) is 0 Å². The molecule has 1 aromatic rings. The molecule has 1 aromatic carbocycles. The zero-order chi connectivity index (χ0) is 15.1. The zero-order valence-electron chi connectivity index (χ0n) is 10.4. The first-order chi connectivity index (χ1) is 9.07. The summed E-state index contributed by atoms with van der Waals surface area (Å²) in [4.78, 5) is 13.4. The molecule has 0 spiro atoms. The van der Waals surface area contributed by atoms with E-state index in [9.17, 15) is 23.1 Å². The first-order valence-corrected chi connectivity index (χ1v) is 6.44. The Morgan fingerprint density at radius 1 is 1.45 bits per heavy atom. The van der Waals surface area contributed by atoms with Crippen molar-refractivity contribution in [3.05, 3.63) is 28.2 Å². The van der Waals surface area contributed by atoms with Gasteiger partial charge in [-0.05, 0) is 41.1 Å². The second-order valence-electron chi connectivity index (χ2n) is 4.85. The molecule has 1 amide bonds. The Balaban J connectivity index is 2.19. The van der Waals surface area contributed by atoms with E-state index in [1.54, 1.807) is 6.92 Å². The lowest BCUT2D eigenvalue weighted by Crippen LogP contribution is -2.61. The SMILES string of the molecule is CC1(O)CN(C(=O)c2cc(OC(F)(F)F)ccc2Br)C1. The highest BCUT2D eigenvalue weighted by atomic mass is 79.9. The van der Waals surface area contributed by atoms with E-state index in [2.05, 4.69) is 20.7 Å². The smallest absolute Gasteiger partial charge is 0.406 e. The first-order valence-electron chi connectivity index (χ1n) is 5.64. The number of hydrogen-bond acceptors (Lipinski definition) is 3. The van der Waals surface area contributed by atoms with Gasteiger partial charge in [0.25, 0.3) is 5.91 Å². The Kier molecular flexibility index (Phi) is 3.72. The Labute approximate surface area is 121 Å². The van der Waals surface area contributed by atoms with Gasteiger partial charge in [0.15, 0.2) is 0 Å². The van der Waals surface area contributed by atoms with Crippen molar-refractivity contribution in [3.8, 4) is 5.75 Å². The van der Waals surface area contributed by atoms with E-state index in [1.165, 1.54) is 11.0 Å². The van der Waals surface area contributed by atoms with Crippen LogP contribution in [0.25, 0.3) is 0 Å². The molecule has 20 heavy (non-hydrogen) atoms. The van der Waals surface area contributed by atoms with Gasteiger partial charge in [0.2, 0.25) is 0 Å². The van der Waals surface area contributed by atoms with E-state index in [0.717, 1.165) is 12.1 Å². The summed E-state index contributed by atoms with van der Waals surface area (Å²) in [6, 6.07) is 3.44. The molecule has 0 bridgehead atoms. The lowest BCUT2D eigenvalue weighted by atomic mass is 9.96. The monoisotopic (exact) mass is 353 g/mol. The molecule has 4 nitrogen and oxygen atoms in total. The molecule has 1 aliphatic heterocycles. The summed E-state index contributed by atoms with van der Waals surface area (Å²) < 4.78 is 40.6. The molecule has 1 N–H and O–H groups in total. The molecule has 1 fully saturated rings. The molecule has 0 saturated carbocycles. The van der Waals surface area contributed by atoms with Crippen LogP contribution in [0.1, 0.15) is 17.3 Å². The van der Waals surface area contributed by atoms with E-state index in [4.69, 9.17) is 0 Å². The largest absolute Gasteiger partial charge is 0.573 e. The number of amides is 1. The molecular formula is C12H11BrF3NO3. The van der Waals surface area contributed by atoms with Crippen LogP contribution in [0.4, 0.5) is 13.2 Å². The van der Waals surface area contributed by atoms with Crippen molar-refractivity contribution in [1.82, 2.24) is 4.90 Å². The van der Waals surface area contributed by atoms with Crippen LogP contribution in [0.3, 0.4) is 0 Å². The van der Waals surface area contributed by atoms with Crippen molar-refractivity contribution >= 4 is 21.8 Å². The van der Waals surface area contributed by atoms with E-state index < -0.39 is 23.6 Å². The molecule has 0 radical (unpaired) electrons. The number of nitrogens with zero attached hydrogens (tertiary/aromatic N) is 1. The quantitative estimate of drug-likeness (QED) is 0.888. The van der Waals surface area contributed by atoms with Gasteiger partial charge < -0.3 is 14.7 Å². The van der Waals surface area contributed by atoms with E-state index >= 15 is 0 Å². The number of ether oxygens (including phenoxy) is 1. The van der Waals surface area contributed by atoms with Crippen LogP contribution in [0.5, 0.6) is 5.75 Å². The molecule has 0 aromatic heterocycles. The maximum absolute atomic E-state index is 12.1. The maximum Gasteiger partial charge on any atom is 0.573 e. The van der Waals surface area contributed by atoms with Crippen molar-refractivity contribution in [3.63, 3.8) is 0 Å². The Bertz CT molecular complexity index is 537. The molecule has 0 unspecified atom stereocenters. The molecule has 110 valence electrons. The third-order valence-electron chi connectivity index (χ3n) is 2.75. The Hall–Kier alpha value is -1.28. The van der Waals surface area contributed by atoms with Gasteiger partial charge in [-0.2, -0.15) is 0 Å². The zero-order valence-corrected chi connectivity index (χ0v) is 12.0. The second-order valence-corrected chi connectivity index (χ2v) is 5.70. The number of likely N-dealkylation sites (tertiary alicyclic amines) is 1. The average molecular weight is 354 g/mol. The minimum Gasteiger partial charge on any atom is -0.406 e. The lowest BCUT2D eigenvalue weighted by Gasteiger charge is -2.44. The van der Waals surface area contributed by atoms with Gasteiger partial charge in [-0.3, -0.25) is 4.79 Å². The minimum absolute atomic E-state index is 0.0576. The molecule has 2 rings (SSSR count). The third-order valence-corrected chi connectivity index (χ3v) is 3.44. The number of alkyl halides is 3. The van der Waals surface area contributed by atoms with Crippen molar-refractivity contribution in [1.29, 1.82) is 0 Å². The van der Waals surface area contributed by atoms with Crippen LogP contribution in [-0.2, 0) is 0 Å². The van der Waals surface area contributed by atoms with Crippen LogP contribution < -0.4 is 4.74 Å². The summed E-state index contributed by atoms with van der Waals surface area (Å²) in [5, 5.41) is 9.58. The first kappa shape index (κ1) is 15.1. The fraction of sp³-hybridized carbons (Fsp3) is 0.417. The highest BCUT2D eigenvalue weighted by molar-refractivity contribution is 9.10. The number of carbonyl (C=O) groups is 1. The summed E-state index contributed by atoms with van der Waals surface area (Å²) in [6.07, 6.45) is -4.81. The second kappa shape index (κ2) is 4.92. The molecule has 8 heteroatoms. The topological polar surface area (TPSA) is 49.8 Å². The maximum atomic E-state index is 12.1. The third kappa shape index (κ3) is 3.43. The normalized spacial score (nSPS) is 17.6. The van der Waals surface area contributed by atoms with Gasteiger partial charge in [0, 0.05) is 4.47 Å². The number of halogens is 4. The molecule has 0 aliphatic carbocycles. The lowest BCUT2D eigenvalue weighted by molar-refractivity contribution is -0.274. The van der Waals surface area contributed by atoms with Gasteiger partial charge in [-0.15, -0.1) is 13.2 Å². The van der Waals surface area contributed by atoms with Crippen LogP contribution in [0.2, 0.25) is 0 Å². The Morgan fingerprint density at radius 3 is 2.55 bits per heavy atom. The summed E-state index contributed by atoms with van der Waals surface area (Å²) in [5.41, 5.74) is -0.885. The summed E-state index contributed by atoms with van der Waals surface area (Å²) in [5.74, 6) is -0.924. The van der Waals surface area contributed by atoms with Crippen molar-refractivity contribution in [2.75, 3.05) is 13.1 Å². The number of aliphatic hydroxyl groups is 1. The van der Waals surface area contributed by atoms with E-state index in [-0.39, 0.29) is 18.7 Å². The number of benzene rings is 1. The predicted molar refractivity (Wildman–Crippen MR) is 67.4 cm³/mol. The molecular weight excluding hydrogens is 343 g/mol. The standard InChI is InChI=1S/C12H11BrF3NO3/c1-11(19)5-17(6-11)10(18)8-4-7(2-3-9(8)13)20-12(14,15)16/h2-4,19H,5-6H2,1H3. The Morgan fingerprint density at radius 2 is 2.05 bits per heavy atom. The number of hydrogen-bond donors (Lipinski definition) is 1. The van der Waals surface area contributed by atoms with Gasteiger partial charge in [-0.1, -0.05) is 0 Å². The summed E-state index contributed by atoms with van der Waals surface area (Å²) >= 11 is 3.11. The van der Waals surface area contributed by atoms with Crippen molar-refractivity contribution in [2.45, 2.75) is 18.9 Å². The van der Waals surface area contributed by atoms with E-state index in [1.807, 2.05) is 0 Å². The fourth-order valence-electron chi connectivity index (χ4n) is 1.96. The highest BCUT2D eigenvalue weighted by Crippen LogP contribution is 2.30. The number of β-amino-alcohol motifs (C(OH)–C–C–N with tert-alkyl or cyclic N) is 1. The van der Waals surface area contributed by atoms with Gasteiger partial charge in [0.05, 0.1) is 24.3 Å². The fourth-order valence-corrected chi connectivity index (χ4v) is 2.37. The predicted octanol–water partition coefficient (Wildman–Crippen LogP) is 2.55. The van der Waals surface area contributed by atoms with E-state index in [0.29, 0.717) is 4.47 Å². The van der Waals surface area contributed by atoms with Crippen LogP contribution >= 0.6 is 15.9 Å².